The fraction of sp³-hybridized carbons (Fsp3) is 0.227. The van der Waals surface area contributed by atoms with E-state index in [1.807, 2.05) is 12.1 Å². The minimum Gasteiger partial charge on any atom is -0.461 e. The lowest BCUT2D eigenvalue weighted by Crippen LogP contribution is -2.12. The minimum atomic E-state index is 0.0966. The molecule has 3 heterocycles. The number of ether oxygens (including phenoxy) is 2. The number of allylic oxidation sites excluding steroid dienone is 3. The minimum absolute atomic E-state index is 0.0966. The van der Waals surface area contributed by atoms with Gasteiger partial charge < -0.3 is 9.47 Å². The van der Waals surface area contributed by atoms with Crippen LogP contribution in [0.5, 0.6) is 17.2 Å². The standard InChI is InChI=1S/C22H19IO2/c1-2-6-19-15(5-1)11-17-13-18-12-16-8-10-23-9-4-3-7-20(16)25-22(18)14-21(17)24-19/h1-2,5-6,8-10,13-14H,3-4,7,11-12H2/b10-8-. The molecule has 126 valence electrons. The maximum atomic E-state index is 6.33. The van der Waals surface area contributed by atoms with Crippen molar-refractivity contribution in [3.63, 3.8) is 0 Å². The molecule has 0 atom stereocenters. The van der Waals surface area contributed by atoms with E-state index in [2.05, 4.69) is 38.4 Å². The van der Waals surface area contributed by atoms with Crippen LogP contribution in [0.3, 0.4) is 0 Å². The van der Waals surface area contributed by atoms with Gasteiger partial charge in [0.05, 0.1) is 0 Å². The van der Waals surface area contributed by atoms with E-state index in [-0.39, 0.29) is 20.7 Å². The number of rotatable bonds is 0. The molecule has 0 aliphatic carbocycles. The Kier molecular flexibility index (Phi) is 3.97. The molecular weight excluding hydrogens is 423 g/mol. The highest BCUT2D eigenvalue weighted by molar-refractivity contribution is 14.2. The summed E-state index contributed by atoms with van der Waals surface area (Å²) in [4.78, 5) is 0. The summed E-state index contributed by atoms with van der Waals surface area (Å²) in [6, 6.07) is 12.7. The zero-order valence-corrected chi connectivity index (χ0v) is 16.1. The summed E-state index contributed by atoms with van der Waals surface area (Å²) >= 11 is 0.0966. The average Bonchev–Trinajstić information content (AvgIpc) is 2.74. The molecule has 3 aliphatic heterocycles. The topological polar surface area (TPSA) is 18.5 Å². The first-order valence-electron chi connectivity index (χ1n) is 8.78. The van der Waals surface area contributed by atoms with Crippen molar-refractivity contribution in [1.82, 2.24) is 0 Å². The third-order valence-corrected chi connectivity index (χ3v) is 6.84. The summed E-state index contributed by atoms with van der Waals surface area (Å²) in [6.45, 7) is 0. The summed E-state index contributed by atoms with van der Waals surface area (Å²) < 4.78 is 17.3. The second-order valence-electron chi connectivity index (χ2n) is 6.65. The van der Waals surface area contributed by atoms with Gasteiger partial charge in [-0.2, -0.15) is 0 Å². The summed E-state index contributed by atoms with van der Waals surface area (Å²) in [5.41, 5.74) is 5.17. The third kappa shape index (κ3) is 2.95. The zero-order valence-electron chi connectivity index (χ0n) is 13.9. The van der Waals surface area contributed by atoms with Gasteiger partial charge in [0.25, 0.3) is 0 Å². The van der Waals surface area contributed by atoms with Gasteiger partial charge in [-0.15, -0.1) is 0 Å². The Bertz CT molecular complexity index is 937. The van der Waals surface area contributed by atoms with Crippen LogP contribution in [-0.4, -0.2) is 4.01 Å². The van der Waals surface area contributed by atoms with Crippen molar-refractivity contribution in [2.75, 3.05) is 0 Å². The van der Waals surface area contributed by atoms with Gasteiger partial charge in [0.15, 0.2) is 0 Å². The second-order valence-corrected chi connectivity index (χ2v) is 8.97. The highest BCUT2D eigenvalue weighted by Gasteiger charge is 2.24. The quantitative estimate of drug-likeness (QED) is 0.395. The molecule has 0 radical (unpaired) electrons. The van der Waals surface area contributed by atoms with Crippen LogP contribution in [0.25, 0.3) is 0 Å². The molecule has 0 fully saturated rings. The normalized spacial score (nSPS) is 19.4. The lowest BCUT2D eigenvalue weighted by atomic mass is 9.93. The maximum absolute atomic E-state index is 6.33. The van der Waals surface area contributed by atoms with Crippen LogP contribution < -0.4 is 9.47 Å². The van der Waals surface area contributed by atoms with Crippen LogP contribution in [0.1, 0.15) is 36.0 Å². The molecule has 0 aromatic heterocycles. The highest BCUT2D eigenvalue weighted by Crippen LogP contribution is 2.43. The molecule has 0 N–H and O–H groups in total. The predicted octanol–water partition coefficient (Wildman–Crippen LogP) is 6.04. The Morgan fingerprint density at radius 1 is 0.840 bits per heavy atom. The first-order chi connectivity index (χ1) is 12.4. The van der Waals surface area contributed by atoms with Crippen LogP contribution in [0.4, 0.5) is 0 Å². The fourth-order valence-electron chi connectivity index (χ4n) is 3.63. The van der Waals surface area contributed by atoms with E-state index < -0.39 is 0 Å². The Labute approximate surface area is 157 Å². The first-order valence-corrected chi connectivity index (χ1v) is 11.3. The predicted molar refractivity (Wildman–Crippen MR) is 110 cm³/mol. The lowest BCUT2D eigenvalue weighted by Gasteiger charge is -2.26. The number of hydrogen-bond acceptors (Lipinski definition) is 2. The largest absolute Gasteiger partial charge is 0.461 e. The SMILES string of the molecule is C1=I/C=C\C2=C(CCC1)Oc1cc3c(cc1C2)Cc1ccccc1O3. The van der Waals surface area contributed by atoms with Gasteiger partial charge in [-0.05, 0) is 57.4 Å². The first kappa shape index (κ1) is 15.4. The van der Waals surface area contributed by atoms with Gasteiger partial charge in [-0.3, -0.25) is 0 Å². The van der Waals surface area contributed by atoms with Crippen molar-refractivity contribution in [2.24, 2.45) is 0 Å². The summed E-state index contributed by atoms with van der Waals surface area (Å²) in [6.07, 6.45) is 7.62. The van der Waals surface area contributed by atoms with Gasteiger partial charge in [0, 0.05) is 25.3 Å². The van der Waals surface area contributed by atoms with Crippen molar-refractivity contribution in [3.8, 4) is 17.2 Å². The molecule has 0 bridgehead atoms. The summed E-state index contributed by atoms with van der Waals surface area (Å²) in [5, 5.41) is 0. The molecule has 25 heavy (non-hydrogen) atoms. The average molecular weight is 442 g/mol. The smallest absolute Gasteiger partial charge is 0.134 e. The molecular formula is C22H19IO2. The van der Waals surface area contributed by atoms with Crippen LogP contribution in [0.2, 0.25) is 0 Å². The summed E-state index contributed by atoms with van der Waals surface area (Å²) in [5.74, 6) is 4.04. The van der Waals surface area contributed by atoms with Crippen LogP contribution in [-0.2, 0) is 12.8 Å². The Morgan fingerprint density at radius 2 is 1.72 bits per heavy atom. The number of fused-ring (bicyclic) bond motifs is 3. The molecule has 0 saturated carbocycles. The molecule has 2 aromatic rings. The molecule has 3 heteroatoms. The van der Waals surface area contributed by atoms with Gasteiger partial charge in [-0.25, -0.2) is 0 Å². The van der Waals surface area contributed by atoms with Gasteiger partial charge in [0.1, 0.15) is 23.0 Å². The maximum Gasteiger partial charge on any atom is 0.134 e. The number of para-hydroxylation sites is 1. The molecule has 3 aliphatic rings. The number of halogens is 1. The molecule has 0 amide bonds. The van der Waals surface area contributed by atoms with Crippen LogP contribution in [0.15, 0.2) is 57.9 Å². The van der Waals surface area contributed by atoms with Gasteiger partial charge >= 0.3 is 0 Å². The third-order valence-electron chi connectivity index (χ3n) is 4.93. The molecule has 0 spiro atoms. The van der Waals surface area contributed by atoms with Crippen LogP contribution in [0, 0.1) is 0 Å². The Balaban J connectivity index is 1.52. The van der Waals surface area contributed by atoms with Gasteiger partial charge in [0.2, 0.25) is 0 Å². The molecule has 0 saturated heterocycles. The molecule has 5 rings (SSSR count). The summed E-state index contributed by atoms with van der Waals surface area (Å²) in [7, 11) is 0. The highest BCUT2D eigenvalue weighted by atomic mass is 127. The number of hydrogen-bond donors (Lipinski definition) is 0. The lowest BCUT2D eigenvalue weighted by molar-refractivity contribution is 0.375. The molecule has 2 aromatic carbocycles. The zero-order chi connectivity index (χ0) is 16.6. The Hall–Kier alpha value is -1.88. The Morgan fingerprint density at radius 3 is 2.72 bits per heavy atom. The monoisotopic (exact) mass is 442 g/mol. The van der Waals surface area contributed by atoms with Crippen molar-refractivity contribution >= 4 is 24.7 Å². The van der Waals surface area contributed by atoms with Crippen LogP contribution >= 0.6 is 20.7 Å². The molecule has 2 nitrogen and oxygen atoms in total. The van der Waals surface area contributed by atoms with Gasteiger partial charge in [-0.1, -0.05) is 42.9 Å². The number of benzene rings is 2. The van der Waals surface area contributed by atoms with E-state index in [1.54, 1.807) is 0 Å². The fourth-order valence-corrected chi connectivity index (χ4v) is 5.36. The van der Waals surface area contributed by atoms with E-state index in [4.69, 9.17) is 9.47 Å². The van der Waals surface area contributed by atoms with E-state index in [0.717, 1.165) is 42.3 Å². The van der Waals surface area contributed by atoms with Crippen molar-refractivity contribution in [3.05, 3.63) is 74.6 Å². The van der Waals surface area contributed by atoms with Crippen molar-refractivity contribution < 1.29 is 9.47 Å². The second kappa shape index (κ2) is 6.45. The van der Waals surface area contributed by atoms with Crippen molar-refractivity contribution in [2.45, 2.75) is 32.1 Å². The van der Waals surface area contributed by atoms with E-state index in [9.17, 15) is 0 Å². The molecule has 0 unspecified atom stereocenters. The van der Waals surface area contributed by atoms with Crippen molar-refractivity contribution in [1.29, 1.82) is 0 Å². The van der Waals surface area contributed by atoms with E-state index >= 15 is 0 Å². The van der Waals surface area contributed by atoms with E-state index in [1.165, 1.54) is 35.1 Å². The van der Waals surface area contributed by atoms with E-state index in [0.29, 0.717) is 0 Å².